The van der Waals surface area contributed by atoms with Crippen LogP contribution in [0.3, 0.4) is 0 Å². The van der Waals surface area contributed by atoms with E-state index in [1.807, 2.05) is 24.3 Å². The standard InChI is InChI=1S/C18H28N2O4S/c1-24-17-10-6-3-7-15(17)11-13-20(25(2,22)23)14-12-18(21)19-16-8-4-5-9-16/h3,6-7,10,16H,4-5,8-9,11-14H2,1-2H3,(H,19,21). The third kappa shape index (κ3) is 6.32. The zero-order chi connectivity index (χ0) is 18.3. The lowest BCUT2D eigenvalue weighted by Gasteiger charge is -2.21. The van der Waals surface area contributed by atoms with Crippen LogP contribution in [-0.2, 0) is 21.2 Å². The smallest absolute Gasteiger partial charge is 0.221 e. The molecule has 1 fully saturated rings. The van der Waals surface area contributed by atoms with Crippen LogP contribution in [0.4, 0.5) is 0 Å². The van der Waals surface area contributed by atoms with E-state index in [4.69, 9.17) is 4.74 Å². The predicted molar refractivity (Wildman–Crippen MR) is 98.1 cm³/mol. The normalized spacial score (nSPS) is 15.5. The Bertz CT molecular complexity index is 669. The SMILES string of the molecule is COc1ccccc1CCN(CCC(=O)NC1CCCC1)S(C)(=O)=O. The summed E-state index contributed by atoms with van der Waals surface area (Å²) in [5.41, 5.74) is 0.953. The Labute approximate surface area is 150 Å². The number of rotatable bonds is 9. The maximum absolute atomic E-state index is 12.1. The van der Waals surface area contributed by atoms with Crippen molar-refractivity contribution in [3.05, 3.63) is 29.8 Å². The number of ether oxygens (including phenoxy) is 1. The molecule has 1 saturated carbocycles. The van der Waals surface area contributed by atoms with Crippen LogP contribution in [0, 0.1) is 0 Å². The fourth-order valence-corrected chi connectivity index (χ4v) is 4.04. The Kier molecular flexibility index (Phi) is 7.25. The first-order chi connectivity index (χ1) is 11.9. The molecule has 140 valence electrons. The molecule has 2 rings (SSSR count). The molecule has 1 N–H and O–H groups in total. The summed E-state index contributed by atoms with van der Waals surface area (Å²) in [5, 5.41) is 3.00. The minimum atomic E-state index is -3.37. The largest absolute Gasteiger partial charge is 0.496 e. The molecule has 1 amide bonds. The van der Waals surface area contributed by atoms with Gasteiger partial charge in [-0.15, -0.1) is 0 Å². The first-order valence-electron chi connectivity index (χ1n) is 8.76. The van der Waals surface area contributed by atoms with Crippen molar-refractivity contribution in [2.24, 2.45) is 0 Å². The fourth-order valence-electron chi connectivity index (χ4n) is 3.19. The van der Waals surface area contributed by atoms with E-state index in [1.54, 1.807) is 7.11 Å². The second-order valence-electron chi connectivity index (χ2n) is 6.52. The van der Waals surface area contributed by atoms with Gasteiger partial charge in [0, 0.05) is 25.6 Å². The Morgan fingerprint density at radius 1 is 1.24 bits per heavy atom. The molecule has 0 unspecified atom stereocenters. The summed E-state index contributed by atoms with van der Waals surface area (Å²) in [6.07, 6.45) is 6.27. The quantitative estimate of drug-likeness (QED) is 0.723. The predicted octanol–water partition coefficient (Wildman–Crippen LogP) is 1.95. The molecule has 0 atom stereocenters. The summed E-state index contributed by atoms with van der Waals surface area (Å²) >= 11 is 0. The number of carbonyl (C=O) groups is 1. The first kappa shape index (κ1) is 19.7. The number of methoxy groups -OCH3 is 1. The van der Waals surface area contributed by atoms with Gasteiger partial charge in [-0.3, -0.25) is 4.79 Å². The van der Waals surface area contributed by atoms with Crippen LogP contribution in [0.1, 0.15) is 37.7 Å². The van der Waals surface area contributed by atoms with E-state index >= 15 is 0 Å². The van der Waals surface area contributed by atoms with Gasteiger partial charge in [0.25, 0.3) is 0 Å². The number of sulfonamides is 1. The zero-order valence-corrected chi connectivity index (χ0v) is 15.8. The van der Waals surface area contributed by atoms with Gasteiger partial charge in [0.05, 0.1) is 13.4 Å². The highest BCUT2D eigenvalue weighted by molar-refractivity contribution is 7.88. The van der Waals surface area contributed by atoms with Crippen LogP contribution >= 0.6 is 0 Å². The number of benzene rings is 1. The van der Waals surface area contributed by atoms with Gasteiger partial charge in [0.1, 0.15) is 5.75 Å². The summed E-state index contributed by atoms with van der Waals surface area (Å²) in [5.74, 6) is 0.674. The van der Waals surface area contributed by atoms with Crippen molar-refractivity contribution >= 4 is 15.9 Å². The highest BCUT2D eigenvalue weighted by Crippen LogP contribution is 2.19. The highest BCUT2D eigenvalue weighted by atomic mass is 32.2. The van der Waals surface area contributed by atoms with E-state index in [0.717, 1.165) is 37.0 Å². The van der Waals surface area contributed by atoms with Crippen molar-refractivity contribution in [2.45, 2.75) is 44.6 Å². The number of amides is 1. The maximum atomic E-state index is 12.1. The fraction of sp³-hybridized carbons (Fsp3) is 0.611. The molecule has 0 saturated heterocycles. The van der Waals surface area contributed by atoms with Crippen molar-refractivity contribution < 1.29 is 17.9 Å². The van der Waals surface area contributed by atoms with Gasteiger partial charge in [-0.1, -0.05) is 31.0 Å². The number of hydrogen-bond donors (Lipinski definition) is 1. The van der Waals surface area contributed by atoms with E-state index in [0.29, 0.717) is 13.0 Å². The van der Waals surface area contributed by atoms with Crippen LogP contribution < -0.4 is 10.1 Å². The van der Waals surface area contributed by atoms with Crippen molar-refractivity contribution in [3.63, 3.8) is 0 Å². The molecule has 25 heavy (non-hydrogen) atoms. The third-order valence-corrected chi connectivity index (χ3v) is 5.90. The molecule has 0 aliphatic heterocycles. The molecule has 1 aromatic carbocycles. The summed E-state index contributed by atoms with van der Waals surface area (Å²) in [6, 6.07) is 7.82. The van der Waals surface area contributed by atoms with Crippen molar-refractivity contribution in [1.29, 1.82) is 0 Å². The van der Waals surface area contributed by atoms with E-state index in [-0.39, 0.29) is 24.9 Å². The molecular formula is C18H28N2O4S. The molecule has 1 aromatic rings. The van der Waals surface area contributed by atoms with E-state index < -0.39 is 10.0 Å². The van der Waals surface area contributed by atoms with Crippen molar-refractivity contribution in [3.8, 4) is 5.75 Å². The molecule has 0 aromatic heterocycles. The van der Waals surface area contributed by atoms with E-state index in [2.05, 4.69) is 5.32 Å². The van der Waals surface area contributed by atoms with Crippen LogP contribution in [0.25, 0.3) is 0 Å². The van der Waals surface area contributed by atoms with Crippen LogP contribution in [0.15, 0.2) is 24.3 Å². The molecule has 0 spiro atoms. The topological polar surface area (TPSA) is 75.7 Å². The first-order valence-corrected chi connectivity index (χ1v) is 10.6. The van der Waals surface area contributed by atoms with Gasteiger partial charge in [0.15, 0.2) is 0 Å². The Hall–Kier alpha value is -1.60. The number of carbonyl (C=O) groups excluding carboxylic acids is 1. The van der Waals surface area contributed by atoms with Gasteiger partial charge < -0.3 is 10.1 Å². The molecule has 1 aliphatic carbocycles. The minimum Gasteiger partial charge on any atom is -0.496 e. The summed E-state index contributed by atoms with van der Waals surface area (Å²) in [7, 11) is -1.77. The minimum absolute atomic E-state index is 0.0714. The van der Waals surface area contributed by atoms with E-state index in [9.17, 15) is 13.2 Å². The molecule has 1 aliphatic rings. The van der Waals surface area contributed by atoms with Gasteiger partial charge in [-0.2, -0.15) is 0 Å². The Morgan fingerprint density at radius 2 is 1.92 bits per heavy atom. The van der Waals surface area contributed by atoms with Crippen LogP contribution in [-0.4, -0.2) is 51.1 Å². The molecule has 0 heterocycles. The average molecular weight is 368 g/mol. The summed E-state index contributed by atoms with van der Waals surface area (Å²) in [6.45, 7) is 0.530. The van der Waals surface area contributed by atoms with Gasteiger partial charge >= 0.3 is 0 Å². The second-order valence-corrected chi connectivity index (χ2v) is 8.51. The van der Waals surface area contributed by atoms with Crippen LogP contribution in [0.2, 0.25) is 0 Å². The lowest BCUT2D eigenvalue weighted by atomic mass is 10.1. The Morgan fingerprint density at radius 3 is 2.56 bits per heavy atom. The second kappa shape index (κ2) is 9.20. The van der Waals surface area contributed by atoms with Crippen molar-refractivity contribution in [1.82, 2.24) is 9.62 Å². The average Bonchev–Trinajstić information content (AvgIpc) is 3.06. The summed E-state index contributed by atoms with van der Waals surface area (Å²) in [4.78, 5) is 12.1. The number of para-hydroxylation sites is 1. The van der Waals surface area contributed by atoms with E-state index in [1.165, 1.54) is 10.6 Å². The number of nitrogens with one attached hydrogen (secondary N) is 1. The zero-order valence-electron chi connectivity index (χ0n) is 15.0. The highest BCUT2D eigenvalue weighted by Gasteiger charge is 2.21. The number of hydrogen-bond acceptors (Lipinski definition) is 4. The molecule has 0 radical (unpaired) electrons. The summed E-state index contributed by atoms with van der Waals surface area (Å²) < 4.78 is 30.7. The van der Waals surface area contributed by atoms with Gasteiger partial charge in [0.2, 0.25) is 15.9 Å². The molecule has 6 nitrogen and oxygen atoms in total. The molecule has 0 bridgehead atoms. The van der Waals surface area contributed by atoms with Gasteiger partial charge in [-0.25, -0.2) is 12.7 Å². The van der Waals surface area contributed by atoms with Crippen LogP contribution in [0.5, 0.6) is 5.75 Å². The lowest BCUT2D eigenvalue weighted by Crippen LogP contribution is -2.38. The number of nitrogens with zero attached hydrogens (tertiary/aromatic N) is 1. The molecule has 7 heteroatoms. The lowest BCUT2D eigenvalue weighted by molar-refractivity contribution is -0.121. The third-order valence-electron chi connectivity index (χ3n) is 4.60. The monoisotopic (exact) mass is 368 g/mol. The molecular weight excluding hydrogens is 340 g/mol. The van der Waals surface area contributed by atoms with Gasteiger partial charge in [-0.05, 0) is 30.9 Å². The maximum Gasteiger partial charge on any atom is 0.221 e. The van der Waals surface area contributed by atoms with Crippen molar-refractivity contribution in [2.75, 3.05) is 26.5 Å². The Balaban J connectivity index is 1.89.